The average Bonchev–Trinajstić information content (AvgIpc) is 1.98. The molecular weight excluding hydrogens is 134 g/mol. The molecule has 0 aliphatic rings. The fourth-order valence-corrected chi connectivity index (χ4v) is 0.841. The Hall–Kier alpha value is -0.140. The molecule has 0 aromatic carbocycles. The summed E-state index contributed by atoms with van der Waals surface area (Å²) in [5.41, 5.74) is 0. The first-order chi connectivity index (χ1) is 4.81. The van der Waals surface area contributed by atoms with Crippen molar-refractivity contribution in [1.29, 1.82) is 0 Å². The van der Waals surface area contributed by atoms with E-state index in [1.807, 2.05) is 6.92 Å². The average molecular weight is 150 g/mol. The second-order valence-electron chi connectivity index (χ2n) is 2.54. The number of rotatable bonds is 6. The summed E-state index contributed by atoms with van der Waals surface area (Å²) in [6, 6.07) is 0. The van der Waals surface area contributed by atoms with Crippen molar-refractivity contribution < 1.29 is 8.78 Å². The zero-order valence-corrected chi connectivity index (χ0v) is 6.58. The molecule has 0 heterocycles. The van der Waals surface area contributed by atoms with Crippen molar-refractivity contribution in [3.05, 3.63) is 0 Å². The van der Waals surface area contributed by atoms with Gasteiger partial charge in [0.15, 0.2) is 0 Å². The third-order valence-corrected chi connectivity index (χ3v) is 1.59. The van der Waals surface area contributed by atoms with Crippen LogP contribution in [0.25, 0.3) is 0 Å². The van der Waals surface area contributed by atoms with Crippen LogP contribution in [0.3, 0.4) is 0 Å². The predicted molar refractivity (Wildman–Crippen MR) is 39.6 cm³/mol. The number of halogens is 2. The summed E-state index contributed by atoms with van der Waals surface area (Å²) >= 11 is 0. The third kappa shape index (κ3) is 5.99. The highest BCUT2D eigenvalue weighted by atomic mass is 19.1. The molecule has 0 N–H and O–H groups in total. The number of unbranched alkanes of at least 4 members (excludes halogenated alkanes) is 2. The van der Waals surface area contributed by atoms with Crippen molar-refractivity contribution in [2.45, 2.75) is 45.2 Å². The largest absolute Gasteiger partial charge is 0.251 e. The molecular formula is C8H16F2. The Bertz CT molecular complexity index is 64.3. The van der Waals surface area contributed by atoms with Gasteiger partial charge in [0.25, 0.3) is 0 Å². The van der Waals surface area contributed by atoms with Crippen LogP contribution < -0.4 is 0 Å². The minimum atomic E-state index is -0.667. The molecule has 0 saturated heterocycles. The van der Waals surface area contributed by atoms with E-state index in [9.17, 15) is 8.78 Å². The summed E-state index contributed by atoms with van der Waals surface area (Å²) in [6.07, 6.45) is 2.79. The second kappa shape index (κ2) is 6.97. The van der Waals surface area contributed by atoms with Gasteiger partial charge in [-0.3, -0.25) is 4.39 Å². The lowest BCUT2D eigenvalue weighted by Gasteiger charge is -2.02. The van der Waals surface area contributed by atoms with Crippen LogP contribution in [-0.2, 0) is 0 Å². The van der Waals surface area contributed by atoms with Gasteiger partial charge in [-0.05, 0) is 19.3 Å². The first kappa shape index (κ1) is 9.86. The normalized spacial score (nSPS) is 13.5. The lowest BCUT2D eigenvalue weighted by atomic mass is 10.1. The lowest BCUT2D eigenvalue weighted by molar-refractivity contribution is 0.294. The SMILES string of the molecule is CCC(F)CCCCCF. The quantitative estimate of drug-likeness (QED) is 0.510. The van der Waals surface area contributed by atoms with Gasteiger partial charge in [0.05, 0.1) is 12.8 Å². The van der Waals surface area contributed by atoms with Crippen LogP contribution >= 0.6 is 0 Å². The summed E-state index contributed by atoms with van der Waals surface area (Å²) in [6.45, 7) is 1.57. The number of alkyl halides is 2. The Labute approximate surface area is 61.6 Å². The van der Waals surface area contributed by atoms with Gasteiger partial charge in [0, 0.05) is 0 Å². The van der Waals surface area contributed by atoms with Crippen LogP contribution in [0.1, 0.15) is 39.0 Å². The Kier molecular flexibility index (Phi) is 6.88. The molecule has 0 aliphatic heterocycles. The monoisotopic (exact) mass is 150 g/mol. The highest BCUT2D eigenvalue weighted by Gasteiger charge is 2.00. The maximum Gasteiger partial charge on any atom is 0.0999 e. The van der Waals surface area contributed by atoms with E-state index in [2.05, 4.69) is 0 Å². The third-order valence-electron chi connectivity index (χ3n) is 1.59. The van der Waals surface area contributed by atoms with Gasteiger partial charge < -0.3 is 0 Å². The number of hydrogen-bond donors (Lipinski definition) is 0. The molecule has 0 saturated carbocycles. The van der Waals surface area contributed by atoms with Crippen molar-refractivity contribution in [1.82, 2.24) is 0 Å². The van der Waals surface area contributed by atoms with Crippen LogP contribution in [0, 0.1) is 0 Å². The Morgan fingerprint density at radius 2 is 1.90 bits per heavy atom. The molecule has 1 atom stereocenters. The molecule has 0 aromatic heterocycles. The van der Waals surface area contributed by atoms with E-state index in [0.29, 0.717) is 19.3 Å². The first-order valence-electron chi connectivity index (χ1n) is 4.01. The molecule has 1 unspecified atom stereocenters. The van der Waals surface area contributed by atoms with Crippen LogP contribution in [0.15, 0.2) is 0 Å². The summed E-state index contributed by atoms with van der Waals surface area (Å²) < 4.78 is 24.0. The minimum absolute atomic E-state index is 0.261. The van der Waals surface area contributed by atoms with Crippen molar-refractivity contribution in [3.63, 3.8) is 0 Å². The maximum absolute atomic E-state index is 12.5. The molecule has 0 fully saturated rings. The Morgan fingerprint density at radius 3 is 2.40 bits per heavy atom. The molecule has 0 spiro atoms. The fourth-order valence-electron chi connectivity index (χ4n) is 0.841. The summed E-state index contributed by atoms with van der Waals surface area (Å²) in [4.78, 5) is 0. The summed E-state index contributed by atoms with van der Waals surface area (Å²) in [7, 11) is 0. The molecule has 10 heavy (non-hydrogen) atoms. The van der Waals surface area contributed by atoms with Crippen molar-refractivity contribution >= 4 is 0 Å². The molecule has 2 heteroatoms. The molecule has 0 aromatic rings. The molecule has 0 nitrogen and oxygen atoms in total. The van der Waals surface area contributed by atoms with Gasteiger partial charge in [-0.15, -0.1) is 0 Å². The first-order valence-corrected chi connectivity index (χ1v) is 4.01. The van der Waals surface area contributed by atoms with E-state index in [1.54, 1.807) is 0 Å². The van der Waals surface area contributed by atoms with E-state index in [0.717, 1.165) is 12.8 Å². The second-order valence-corrected chi connectivity index (χ2v) is 2.54. The lowest BCUT2D eigenvalue weighted by Crippen LogP contribution is -1.96. The zero-order valence-electron chi connectivity index (χ0n) is 6.58. The summed E-state index contributed by atoms with van der Waals surface area (Å²) in [5, 5.41) is 0. The van der Waals surface area contributed by atoms with Crippen LogP contribution in [0.5, 0.6) is 0 Å². The molecule has 0 amide bonds. The topological polar surface area (TPSA) is 0 Å². The van der Waals surface area contributed by atoms with Crippen molar-refractivity contribution in [3.8, 4) is 0 Å². The highest BCUT2D eigenvalue weighted by molar-refractivity contribution is 4.52. The molecule has 0 aliphatic carbocycles. The standard InChI is InChI=1S/C8H16F2/c1-2-8(10)6-4-3-5-7-9/h8H,2-7H2,1H3. The molecule has 0 rings (SSSR count). The van der Waals surface area contributed by atoms with Gasteiger partial charge in [-0.2, -0.15) is 0 Å². The molecule has 62 valence electrons. The van der Waals surface area contributed by atoms with E-state index in [-0.39, 0.29) is 6.67 Å². The summed E-state index contributed by atoms with van der Waals surface area (Å²) in [5.74, 6) is 0. The van der Waals surface area contributed by atoms with Gasteiger partial charge in [0.2, 0.25) is 0 Å². The van der Waals surface area contributed by atoms with Crippen LogP contribution in [0.2, 0.25) is 0 Å². The zero-order chi connectivity index (χ0) is 7.82. The minimum Gasteiger partial charge on any atom is -0.251 e. The molecule has 0 bridgehead atoms. The predicted octanol–water partition coefficient (Wildman–Crippen LogP) is 3.26. The van der Waals surface area contributed by atoms with E-state index in [1.165, 1.54) is 0 Å². The van der Waals surface area contributed by atoms with Gasteiger partial charge in [-0.25, -0.2) is 4.39 Å². The Balaban J connectivity index is 2.89. The fraction of sp³-hybridized carbons (Fsp3) is 1.00. The van der Waals surface area contributed by atoms with E-state index >= 15 is 0 Å². The molecule has 0 radical (unpaired) electrons. The van der Waals surface area contributed by atoms with Crippen molar-refractivity contribution in [2.75, 3.05) is 6.67 Å². The maximum atomic E-state index is 12.5. The van der Waals surface area contributed by atoms with Gasteiger partial charge in [0.1, 0.15) is 0 Å². The van der Waals surface area contributed by atoms with E-state index in [4.69, 9.17) is 0 Å². The van der Waals surface area contributed by atoms with Crippen molar-refractivity contribution in [2.24, 2.45) is 0 Å². The highest BCUT2D eigenvalue weighted by Crippen LogP contribution is 2.09. The van der Waals surface area contributed by atoms with Crippen LogP contribution in [0.4, 0.5) is 8.78 Å². The van der Waals surface area contributed by atoms with Gasteiger partial charge in [-0.1, -0.05) is 19.8 Å². The number of hydrogen-bond acceptors (Lipinski definition) is 0. The smallest absolute Gasteiger partial charge is 0.0999 e. The van der Waals surface area contributed by atoms with Gasteiger partial charge >= 0.3 is 0 Å². The Morgan fingerprint density at radius 1 is 1.20 bits per heavy atom. The van der Waals surface area contributed by atoms with Crippen LogP contribution in [-0.4, -0.2) is 12.8 Å². The van der Waals surface area contributed by atoms with E-state index < -0.39 is 6.17 Å².